The summed E-state index contributed by atoms with van der Waals surface area (Å²) in [6, 6.07) is 0. The molecule has 2 nitrogen and oxygen atoms in total. The molecule has 2 rings (SSSR count). The minimum absolute atomic E-state index is 0. The Labute approximate surface area is 151 Å². The number of likely N-dealkylation sites (tertiary alicyclic amines) is 2. The van der Waals surface area contributed by atoms with Gasteiger partial charge in [-0.1, -0.05) is 13.8 Å². The summed E-state index contributed by atoms with van der Waals surface area (Å²) in [6.07, 6.45) is 5.38. The van der Waals surface area contributed by atoms with Crippen LogP contribution in [0.3, 0.4) is 0 Å². The summed E-state index contributed by atoms with van der Waals surface area (Å²) < 4.78 is 0. The third kappa shape index (κ3) is 7.49. The Morgan fingerprint density at radius 1 is 1.05 bits per heavy atom. The molecule has 20 heavy (non-hydrogen) atoms. The molecule has 0 amide bonds. The second kappa shape index (κ2) is 11.1. The van der Waals surface area contributed by atoms with E-state index < -0.39 is 0 Å². The van der Waals surface area contributed by atoms with Gasteiger partial charge in [-0.05, 0) is 50.7 Å². The number of nitrogens with zero attached hydrogens (tertiary/aromatic N) is 2. The van der Waals surface area contributed by atoms with Gasteiger partial charge in [0.1, 0.15) is 0 Å². The van der Waals surface area contributed by atoms with Gasteiger partial charge in [0, 0.05) is 52.3 Å². The second-order valence-corrected chi connectivity index (χ2v) is 6.33. The molecule has 2 unspecified atom stereocenters. The van der Waals surface area contributed by atoms with Gasteiger partial charge in [0.05, 0.1) is 0 Å². The van der Waals surface area contributed by atoms with E-state index in [0.717, 1.165) is 17.8 Å². The molecule has 0 saturated carbocycles. The molecule has 0 N–H and O–H groups in total. The number of rotatable bonds is 3. The van der Waals surface area contributed by atoms with E-state index in [1.165, 1.54) is 57.7 Å². The van der Waals surface area contributed by atoms with Crippen molar-refractivity contribution in [1.82, 2.24) is 9.80 Å². The molecular weight excluding hydrogens is 321 g/mol. The minimum Gasteiger partial charge on any atom is -0.394 e. The van der Waals surface area contributed by atoms with Crippen molar-refractivity contribution < 1.29 is 32.7 Å². The van der Waals surface area contributed by atoms with Crippen LogP contribution in [0.5, 0.6) is 0 Å². The number of hydrogen-bond acceptors (Lipinski definition) is 2. The van der Waals surface area contributed by atoms with Crippen LogP contribution in [0.15, 0.2) is 12.2 Å². The van der Waals surface area contributed by atoms with Crippen molar-refractivity contribution >= 4 is 0 Å². The fourth-order valence-electron chi connectivity index (χ4n) is 3.11. The molecule has 2 aliphatic heterocycles. The Morgan fingerprint density at radius 2 is 1.60 bits per heavy atom. The van der Waals surface area contributed by atoms with Gasteiger partial charge >= 0.3 is 0 Å². The molecule has 0 aromatic heterocycles. The van der Waals surface area contributed by atoms with Crippen molar-refractivity contribution in [3.8, 4) is 0 Å². The van der Waals surface area contributed by atoms with Crippen LogP contribution in [0.4, 0.5) is 0 Å². The topological polar surface area (TPSA) is 6.48 Å². The zero-order valence-electron chi connectivity index (χ0n) is 13.5. The Morgan fingerprint density at radius 3 is 2.00 bits per heavy atom. The van der Waals surface area contributed by atoms with Gasteiger partial charge in [-0.2, -0.15) is 0 Å². The van der Waals surface area contributed by atoms with Crippen molar-refractivity contribution in [1.29, 1.82) is 0 Å². The van der Waals surface area contributed by atoms with Crippen LogP contribution < -0.4 is 0 Å². The van der Waals surface area contributed by atoms with Gasteiger partial charge < -0.3 is 35.1 Å². The molecular formula is C17H30N2Y-2. The Hall–Kier alpha value is 0.504. The van der Waals surface area contributed by atoms with Crippen molar-refractivity contribution in [2.24, 2.45) is 17.8 Å². The van der Waals surface area contributed by atoms with E-state index in [1.807, 2.05) is 0 Å². The molecule has 0 bridgehead atoms. The van der Waals surface area contributed by atoms with E-state index in [-0.39, 0.29) is 32.7 Å². The molecule has 2 heterocycles. The first kappa shape index (κ1) is 20.5. The van der Waals surface area contributed by atoms with Crippen molar-refractivity contribution in [2.45, 2.75) is 26.7 Å². The summed E-state index contributed by atoms with van der Waals surface area (Å²) in [7, 11) is 2.26. The van der Waals surface area contributed by atoms with Crippen LogP contribution in [-0.4, -0.2) is 49.6 Å². The van der Waals surface area contributed by atoms with Crippen LogP contribution in [0.1, 0.15) is 26.7 Å². The van der Waals surface area contributed by atoms with E-state index in [2.05, 4.69) is 30.7 Å². The molecule has 2 saturated heterocycles. The van der Waals surface area contributed by atoms with Crippen LogP contribution in [-0.2, 0) is 32.7 Å². The van der Waals surface area contributed by atoms with E-state index in [0.29, 0.717) is 0 Å². The summed E-state index contributed by atoms with van der Waals surface area (Å²) >= 11 is 0. The molecule has 2 aliphatic rings. The molecule has 113 valence electrons. The van der Waals surface area contributed by atoms with Gasteiger partial charge in [0.15, 0.2) is 0 Å². The molecule has 1 radical (unpaired) electrons. The van der Waals surface area contributed by atoms with Gasteiger partial charge in [-0.15, -0.1) is 0 Å². The molecule has 3 heteroatoms. The number of piperidine rings is 1. The molecule has 0 spiro atoms. The van der Waals surface area contributed by atoms with Crippen molar-refractivity contribution in [3.05, 3.63) is 25.3 Å². The van der Waals surface area contributed by atoms with Gasteiger partial charge in [-0.3, -0.25) is 0 Å². The Bertz CT molecular complexity index is 266. The van der Waals surface area contributed by atoms with Gasteiger partial charge in [0.25, 0.3) is 0 Å². The zero-order chi connectivity index (χ0) is 14.3. The van der Waals surface area contributed by atoms with E-state index in [9.17, 15) is 0 Å². The van der Waals surface area contributed by atoms with Crippen molar-refractivity contribution in [3.63, 3.8) is 0 Å². The van der Waals surface area contributed by atoms with E-state index >= 15 is 0 Å². The minimum atomic E-state index is 0. The molecule has 0 aromatic rings. The average Bonchev–Trinajstić information content (AvgIpc) is 2.71. The average molecular weight is 351 g/mol. The van der Waals surface area contributed by atoms with Crippen LogP contribution >= 0.6 is 0 Å². The fraction of sp³-hybridized carbons (Fsp3) is 0.765. The van der Waals surface area contributed by atoms with E-state index in [4.69, 9.17) is 13.2 Å². The summed E-state index contributed by atoms with van der Waals surface area (Å²) in [6.45, 7) is 20.9. The first-order valence-electron chi connectivity index (χ1n) is 7.56. The number of hydrogen-bond donors (Lipinski definition) is 0. The molecule has 2 atom stereocenters. The van der Waals surface area contributed by atoms with Crippen molar-refractivity contribution in [2.75, 3.05) is 39.8 Å². The smallest absolute Gasteiger partial charge is 0.00249 e. The monoisotopic (exact) mass is 351 g/mol. The maximum atomic E-state index is 4.72. The third-order valence-electron chi connectivity index (χ3n) is 4.43. The van der Waals surface area contributed by atoms with Crippen LogP contribution in [0, 0.1) is 30.9 Å². The predicted molar refractivity (Wildman–Crippen MR) is 82.7 cm³/mol. The number of allylic oxidation sites excluding steroid dienone is 2. The predicted octanol–water partition coefficient (Wildman–Crippen LogP) is 2.88. The largest absolute Gasteiger partial charge is 0.394 e. The van der Waals surface area contributed by atoms with Gasteiger partial charge in [-0.25, -0.2) is 0 Å². The molecule has 2 fully saturated rings. The maximum Gasteiger partial charge on any atom is 0.00249 e. The van der Waals surface area contributed by atoms with Crippen LogP contribution in [0.25, 0.3) is 0 Å². The Balaban J connectivity index is 0.000000644. The second-order valence-electron chi connectivity index (χ2n) is 6.33. The zero-order valence-corrected chi connectivity index (χ0v) is 16.3. The summed E-state index contributed by atoms with van der Waals surface area (Å²) in [5, 5.41) is 0. The summed E-state index contributed by atoms with van der Waals surface area (Å²) in [4.78, 5) is 5.18. The standard InChI is InChI=1S/C13H26N2.C4H4.Y/c1-11-4-6-15(7-5-11)10-13-9-14(3)8-12(13)2;1-3-4-2;/h11-13H,4-10H2,1-3H3;1-4H;/q;-2;. The summed E-state index contributed by atoms with van der Waals surface area (Å²) in [5.74, 6) is 2.78. The first-order valence-corrected chi connectivity index (χ1v) is 7.56. The maximum absolute atomic E-state index is 4.72. The quantitative estimate of drug-likeness (QED) is 0.570. The fourth-order valence-corrected chi connectivity index (χ4v) is 3.11. The first-order chi connectivity index (χ1) is 9.06. The van der Waals surface area contributed by atoms with Crippen LogP contribution in [0.2, 0.25) is 0 Å². The molecule has 0 aliphatic carbocycles. The van der Waals surface area contributed by atoms with Gasteiger partial charge in [0.2, 0.25) is 0 Å². The molecule has 0 aromatic carbocycles. The van der Waals surface area contributed by atoms with E-state index in [1.54, 1.807) is 0 Å². The normalized spacial score (nSPS) is 28.1. The SMILES string of the molecule is CC1CCN(CC2CN(C)CC2C)CC1.[CH-]=CC=[CH-].[Y]. The third-order valence-corrected chi connectivity index (χ3v) is 4.43. The summed E-state index contributed by atoms with van der Waals surface area (Å²) in [5.41, 5.74) is 0. The Kier molecular flexibility index (Phi) is 11.4.